The number of pyridine rings is 1. The minimum atomic E-state index is 0.938. The Kier molecular flexibility index (Phi) is 4.38. The molecule has 1 nitrogen and oxygen atoms in total. The molecule has 4 rings (SSSR count). The van der Waals surface area contributed by atoms with E-state index in [9.17, 15) is 0 Å². The standard InChI is InChI=1S/C24H19N/c1-3-8-19(9-4-1)16-20-10-7-13-23(17-20)24-18-22(14-15-25-24)21-11-5-2-6-12-21/h1-15,17-18H,16H2. The summed E-state index contributed by atoms with van der Waals surface area (Å²) in [7, 11) is 0. The zero-order chi connectivity index (χ0) is 16.9. The van der Waals surface area contributed by atoms with Gasteiger partial charge in [-0.25, -0.2) is 0 Å². The van der Waals surface area contributed by atoms with E-state index < -0.39 is 0 Å². The molecule has 25 heavy (non-hydrogen) atoms. The molecule has 0 unspecified atom stereocenters. The van der Waals surface area contributed by atoms with Crippen LogP contribution in [0.5, 0.6) is 0 Å². The van der Waals surface area contributed by atoms with Gasteiger partial charge in [-0.1, -0.05) is 78.9 Å². The molecule has 0 N–H and O–H groups in total. The van der Waals surface area contributed by atoms with Gasteiger partial charge in [0.1, 0.15) is 0 Å². The third-order valence-corrected chi connectivity index (χ3v) is 4.34. The van der Waals surface area contributed by atoms with Gasteiger partial charge in [0.25, 0.3) is 0 Å². The van der Waals surface area contributed by atoms with Crippen molar-refractivity contribution in [2.45, 2.75) is 6.42 Å². The molecule has 4 aromatic rings. The summed E-state index contributed by atoms with van der Waals surface area (Å²) < 4.78 is 0. The Morgan fingerprint density at radius 3 is 2.00 bits per heavy atom. The number of aromatic nitrogens is 1. The lowest BCUT2D eigenvalue weighted by Crippen LogP contribution is -1.90. The maximum absolute atomic E-state index is 4.58. The average molecular weight is 321 g/mol. The first-order chi connectivity index (χ1) is 12.4. The first-order valence-corrected chi connectivity index (χ1v) is 8.53. The lowest BCUT2D eigenvalue weighted by Gasteiger charge is -2.08. The van der Waals surface area contributed by atoms with Crippen LogP contribution in [-0.2, 0) is 6.42 Å². The Morgan fingerprint density at radius 1 is 0.520 bits per heavy atom. The number of hydrogen-bond acceptors (Lipinski definition) is 1. The molecule has 0 aliphatic rings. The van der Waals surface area contributed by atoms with Crippen LogP contribution in [0.15, 0.2) is 103 Å². The quantitative estimate of drug-likeness (QED) is 0.449. The minimum Gasteiger partial charge on any atom is -0.256 e. The van der Waals surface area contributed by atoms with Crippen molar-refractivity contribution in [2.75, 3.05) is 0 Å². The van der Waals surface area contributed by atoms with Gasteiger partial charge in [-0.2, -0.15) is 0 Å². The summed E-state index contributed by atoms with van der Waals surface area (Å²) in [5.41, 5.74) is 7.20. The van der Waals surface area contributed by atoms with Crippen LogP contribution in [0.3, 0.4) is 0 Å². The molecular formula is C24H19N. The summed E-state index contributed by atoms with van der Waals surface area (Å²) >= 11 is 0. The molecule has 3 aromatic carbocycles. The van der Waals surface area contributed by atoms with E-state index in [4.69, 9.17) is 0 Å². The number of rotatable bonds is 4. The predicted molar refractivity (Wildman–Crippen MR) is 104 cm³/mol. The Balaban J connectivity index is 1.65. The third-order valence-electron chi connectivity index (χ3n) is 4.34. The zero-order valence-corrected chi connectivity index (χ0v) is 14.0. The molecule has 0 atom stereocenters. The Bertz CT molecular complexity index is 959. The summed E-state index contributed by atoms with van der Waals surface area (Å²) in [6.45, 7) is 0. The molecular weight excluding hydrogens is 302 g/mol. The summed E-state index contributed by atoms with van der Waals surface area (Å²) in [6.07, 6.45) is 2.83. The summed E-state index contributed by atoms with van der Waals surface area (Å²) in [4.78, 5) is 4.58. The van der Waals surface area contributed by atoms with E-state index in [0.717, 1.165) is 17.7 Å². The topological polar surface area (TPSA) is 12.9 Å². The summed E-state index contributed by atoms with van der Waals surface area (Å²) in [5.74, 6) is 0. The van der Waals surface area contributed by atoms with Crippen LogP contribution in [0.4, 0.5) is 0 Å². The fourth-order valence-electron chi connectivity index (χ4n) is 3.07. The maximum Gasteiger partial charge on any atom is 0.0708 e. The molecule has 0 fully saturated rings. The highest BCUT2D eigenvalue weighted by atomic mass is 14.7. The van der Waals surface area contributed by atoms with Crippen molar-refractivity contribution < 1.29 is 0 Å². The van der Waals surface area contributed by atoms with Gasteiger partial charge in [-0.15, -0.1) is 0 Å². The highest BCUT2D eigenvalue weighted by Crippen LogP contribution is 2.25. The minimum absolute atomic E-state index is 0.938. The van der Waals surface area contributed by atoms with E-state index in [1.54, 1.807) is 0 Å². The molecule has 0 saturated heterocycles. The smallest absolute Gasteiger partial charge is 0.0708 e. The van der Waals surface area contributed by atoms with Crippen molar-refractivity contribution in [3.8, 4) is 22.4 Å². The highest BCUT2D eigenvalue weighted by molar-refractivity contribution is 5.70. The second kappa shape index (κ2) is 7.14. The molecule has 120 valence electrons. The molecule has 0 saturated carbocycles. The van der Waals surface area contributed by atoms with E-state index in [2.05, 4.69) is 96.0 Å². The van der Waals surface area contributed by atoms with E-state index >= 15 is 0 Å². The Labute approximate surface area is 148 Å². The molecule has 1 heterocycles. The second-order valence-corrected chi connectivity index (χ2v) is 6.16. The first kappa shape index (κ1) is 15.3. The van der Waals surface area contributed by atoms with E-state index in [0.29, 0.717) is 0 Å². The first-order valence-electron chi connectivity index (χ1n) is 8.53. The van der Waals surface area contributed by atoms with Crippen molar-refractivity contribution in [3.63, 3.8) is 0 Å². The summed E-state index contributed by atoms with van der Waals surface area (Å²) in [6, 6.07) is 33.9. The van der Waals surface area contributed by atoms with Crippen molar-refractivity contribution in [1.82, 2.24) is 4.98 Å². The lowest BCUT2D eigenvalue weighted by atomic mass is 10.00. The molecule has 0 amide bonds. The van der Waals surface area contributed by atoms with Gasteiger partial charge in [0.2, 0.25) is 0 Å². The Hall–Kier alpha value is -3.19. The van der Waals surface area contributed by atoms with Gasteiger partial charge in [-0.05, 0) is 46.9 Å². The van der Waals surface area contributed by atoms with Crippen LogP contribution in [-0.4, -0.2) is 4.98 Å². The molecule has 1 aromatic heterocycles. The van der Waals surface area contributed by atoms with Crippen molar-refractivity contribution in [2.24, 2.45) is 0 Å². The van der Waals surface area contributed by atoms with E-state index in [-0.39, 0.29) is 0 Å². The van der Waals surface area contributed by atoms with Crippen LogP contribution in [0.25, 0.3) is 22.4 Å². The molecule has 0 radical (unpaired) electrons. The average Bonchev–Trinajstić information content (AvgIpc) is 2.70. The lowest BCUT2D eigenvalue weighted by molar-refractivity contribution is 1.19. The van der Waals surface area contributed by atoms with Crippen LogP contribution in [0.1, 0.15) is 11.1 Å². The second-order valence-electron chi connectivity index (χ2n) is 6.16. The third kappa shape index (κ3) is 3.67. The molecule has 0 aliphatic carbocycles. The van der Waals surface area contributed by atoms with Crippen LogP contribution in [0, 0.1) is 0 Å². The van der Waals surface area contributed by atoms with E-state index in [1.165, 1.54) is 22.3 Å². The largest absolute Gasteiger partial charge is 0.256 e. The van der Waals surface area contributed by atoms with Crippen molar-refractivity contribution in [3.05, 3.63) is 114 Å². The molecule has 0 bridgehead atoms. The van der Waals surface area contributed by atoms with Gasteiger partial charge < -0.3 is 0 Å². The normalized spacial score (nSPS) is 10.6. The highest BCUT2D eigenvalue weighted by Gasteiger charge is 2.04. The van der Waals surface area contributed by atoms with Crippen molar-refractivity contribution >= 4 is 0 Å². The zero-order valence-electron chi connectivity index (χ0n) is 14.0. The fourth-order valence-corrected chi connectivity index (χ4v) is 3.07. The SMILES string of the molecule is c1ccc(Cc2cccc(-c3cc(-c4ccccc4)ccn3)c2)cc1. The summed E-state index contributed by atoms with van der Waals surface area (Å²) in [5, 5.41) is 0. The number of nitrogens with zero attached hydrogens (tertiary/aromatic N) is 1. The van der Waals surface area contributed by atoms with Gasteiger partial charge in [0.05, 0.1) is 5.69 Å². The maximum atomic E-state index is 4.58. The predicted octanol–water partition coefficient (Wildman–Crippen LogP) is 6.01. The molecule has 1 heteroatoms. The van der Waals surface area contributed by atoms with Crippen molar-refractivity contribution in [1.29, 1.82) is 0 Å². The van der Waals surface area contributed by atoms with Crippen LogP contribution < -0.4 is 0 Å². The van der Waals surface area contributed by atoms with Gasteiger partial charge >= 0.3 is 0 Å². The number of benzene rings is 3. The fraction of sp³-hybridized carbons (Fsp3) is 0.0417. The van der Waals surface area contributed by atoms with Gasteiger partial charge in [-0.3, -0.25) is 4.98 Å². The molecule has 0 aliphatic heterocycles. The van der Waals surface area contributed by atoms with Gasteiger partial charge in [0, 0.05) is 11.8 Å². The monoisotopic (exact) mass is 321 g/mol. The van der Waals surface area contributed by atoms with Gasteiger partial charge in [0.15, 0.2) is 0 Å². The van der Waals surface area contributed by atoms with E-state index in [1.807, 2.05) is 12.3 Å². The molecule has 0 spiro atoms. The number of hydrogen-bond donors (Lipinski definition) is 0. The van der Waals surface area contributed by atoms with Crippen LogP contribution in [0.2, 0.25) is 0 Å². The van der Waals surface area contributed by atoms with Crippen LogP contribution >= 0.6 is 0 Å². The Morgan fingerprint density at radius 2 is 1.20 bits per heavy atom.